The van der Waals surface area contributed by atoms with E-state index in [1.807, 2.05) is 60.7 Å². The van der Waals surface area contributed by atoms with Crippen LogP contribution in [0.1, 0.15) is 0 Å². The fourth-order valence-electron chi connectivity index (χ4n) is 3.25. The van der Waals surface area contributed by atoms with E-state index >= 15 is 0 Å². The lowest BCUT2D eigenvalue weighted by molar-refractivity contribution is 1.14. The highest BCUT2D eigenvalue weighted by atomic mass is 35.5. The van der Waals surface area contributed by atoms with Crippen LogP contribution in [0.3, 0.4) is 0 Å². The summed E-state index contributed by atoms with van der Waals surface area (Å²) in [4.78, 5) is 9.54. The number of nitrogens with zero attached hydrogens (tertiary/aromatic N) is 3. The summed E-state index contributed by atoms with van der Waals surface area (Å²) in [5.41, 5.74) is 6.05. The van der Waals surface area contributed by atoms with Gasteiger partial charge in [-0.25, -0.2) is 9.97 Å². The van der Waals surface area contributed by atoms with Crippen LogP contribution in [0.2, 0.25) is 5.02 Å². The molecule has 0 aliphatic carbocycles. The van der Waals surface area contributed by atoms with Gasteiger partial charge in [-0.1, -0.05) is 66.2 Å². The number of hydrogen-bond donors (Lipinski definition) is 0. The first-order valence-corrected chi connectivity index (χ1v) is 8.77. The maximum absolute atomic E-state index is 6.09. The highest BCUT2D eigenvalue weighted by Crippen LogP contribution is 2.30. The molecule has 0 saturated heterocycles. The monoisotopic (exact) mass is 355 g/mol. The Balaban J connectivity index is 1.88. The van der Waals surface area contributed by atoms with E-state index < -0.39 is 0 Å². The van der Waals surface area contributed by atoms with Crippen molar-refractivity contribution in [2.24, 2.45) is 0 Å². The van der Waals surface area contributed by atoms with Crippen molar-refractivity contribution in [1.29, 1.82) is 0 Å². The van der Waals surface area contributed by atoms with Crippen LogP contribution in [0.4, 0.5) is 0 Å². The molecule has 124 valence electrons. The van der Waals surface area contributed by atoms with E-state index in [-0.39, 0.29) is 0 Å². The van der Waals surface area contributed by atoms with Crippen LogP contribution in [-0.4, -0.2) is 14.4 Å². The summed E-state index contributed by atoms with van der Waals surface area (Å²) in [5.74, 6) is 0.692. The lowest BCUT2D eigenvalue weighted by Crippen LogP contribution is -1.97. The number of fused-ring (bicyclic) bond motifs is 3. The Labute approximate surface area is 155 Å². The van der Waals surface area contributed by atoms with Crippen LogP contribution in [0.25, 0.3) is 39.3 Å². The molecule has 0 unspecified atom stereocenters. The third kappa shape index (κ3) is 2.45. The van der Waals surface area contributed by atoms with Gasteiger partial charge in [0.05, 0.1) is 22.4 Å². The molecule has 4 heteroatoms. The largest absolute Gasteiger partial charge is 0.276 e. The standard InChI is InChI=1S/C22H14ClN3/c23-17-12-10-16(11-13-17)21-14-19(15-6-2-1-3-7-15)25-22-24-18-8-4-5-9-20(18)26(21)22/h1-14H. The third-order valence-electron chi connectivity index (χ3n) is 4.49. The normalized spacial score (nSPS) is 11.3. The van der Waals surface area contributed by atoms with Gasteiger partial charge in [0.25, 0.3) is 0 Å². The van der Waals surface area contributed by atoms with Crippen molar-refractivity contribution >= 4 is 28.4 Å². The summed E-state index contributed by atoms with van der Waals surface area (Å²) in [6.07, 6.45) is 0. The number of aromatic nitrogens is 3. The second-order valence-electron chi connectivity index (χ2n) is 6.14. The highest BCUT2D eigenvalue weighted by Gasteiger charge is 2.14. The van der Waals surface area contributed by atoms with Crippen molar-refractivity contribution in [3.8, 4) is 22.5 Å². The molecule has 0 saturated carbocycles. The molecule has 0 atom stereocenters. The molecule has 2 aromatic heterocycles. The van der Waals surface area contributed by atoms with E-state index in [0.29, 0.717) is 5.78 Å². The Hall–Kier alpha value is -3.17. The lowest BCUT2D eigenvalue weighted by Gasteiger charge is -2.10. The molecule has 26 heavy (non-hydrogen) atoms. The summed E-state index contributed by atoms with van der Waals surface area (Å²) >= 11 is 6.09. The number of para-hydroxylation sites is 2. The summed E-state index contributed by atoms with van der Waals surface area (Å²) in [7, 11) is 0. The Kier molecular flexibility index (Phi) is 3.47. The first-order chi connectivity index (χ1) is 12.8. The molecule has 0 N–H and O–H groups in total. The third-order valence-corrected chi connectivity index (χ3v) is 4.74. The molecular weight excluding hydrogens is 342 g/mol. The van der Waals surface area contributed by atoms with Crippen molar-refractivity contribution in [1.82, 2.24) is 14.4 Å². The predicted molar refractivity (Wildman–Crippen MR) is 106 cm³/mol. The maximum Gasteiger partial charge on any atom is 0.235 e. The van der Waals surface area contributed by atoms with Crippen LogP contribution in [0.15, 0.2) is 84.9 Å². The van der Waals surface area contributed by atoms with E-state index in [0.717, 1.165) is 38.6 Å². The van der Waals surface area contributed by atoms with Gasteiger partial charge in [0, 0.05) is 10.6 Å². The van der Waals surface area contributed by atoms with Crippen LogP contribution >= 0.6 is 11.6 Å². The summed E-state index contributed by atoms with van der Waals surface area (Å²) in [6.45, 7) is 0. The molecule has 3 nitrogen and oxygen atoms in total. The minimum atomic E-state index is 0.692. The van der Waals surface area contributed by atoms with Crippen molar-refractivity contribution in [3.05, 3.63) is 90.0 Å². The van der Waals surface area contributed by atoms with Crippen molar-refractivity contribution in [2.45, 2.75) is 0 Å². The summed E-state index contributed by atoms with van der Waals surface area (Å²) in [6, 6.07) is 28.2. The van der Waals surface area contributed by atoms with Crippen molar-refractivity contribution in [3.63, 3.8) is 0 Å². The zero-order valence-electron chi connectivity index (χ0n) is 13.8. The first-order valence-electron chi connectivity index (χ1n) is 8.39. The highest BCUT2D eigenvalue weighted by molar-refractivity contribution is 6.30. The van der Waals surface area contributed by atoms with E-state index in [2.05, 4.69) is 28.7 Å². The summed E-state index contributed by atoms with van der Waals surface area (Å²) in [5, 5.41) is 0.720. The minimum Gasteiger partial charge on any atom is -0.276 e. The second kappa shape index (κ2) is 5.97. The molecular formula is C22H14ClN3. The molecule has 5 rings (SSSR count). The first kappa shape index (κ1) is 15.1. The lowest BCUT2D eigenvalue weighted by atomic mass is 10.1. The maximum atomic E-state index is 6.09. The second-order valence-corrected chi connectivity index (χ2v) is 6.57. The predicted octanol–water partition coefficient (Wildman–Crippen LogP) is 5.87. The molecule has 3 aromatic carbocycles. The summed E-state index contributed by atoms with van der Waals surface area (Å²) < 4.78 is 2.10. The Morgan fingerprint density at radius 3 is 2.23 bits per heavy atom. The van der Waals surface area contributed by atoms with Gasteiger partial charge in [-0.05, 0) is 35.9 Å². The molecule has 0 fully saturated rings. The smallest absolute Gasteiger partial charge is 0.235 e. The van der Waals surface area contributed by atoms with Crippen LogP contribution < -0.4 is 0 Å². The quantitative estimate of drug-likeness (QED) is 0.396. The molecule has 0 aliphatic heterocycles. The van der Waals surface area contributed by atoms with Gasteiger partial charge in [-0.3, -0.25) is 4.40 Å². The number of halogens is 1. The van der Waals surface area contributed by atoms with Crippen LogP contribution in [0, 0.1) is 0 Å². The molecule has 0 radical (unpaired) electrons. The zero-order valence-corrected chi connectivity index (χ0v) is 14.6. The Morgan fingerprint density at radius 1 is 0.692 bits per heavy atom. The minimum absolute atomic E-state index is 0.692. The van der Waals surface area contributed by atoms with Gasteiger partial charge < -0.3 is 0 Å². The molecule has 5 aromatic rings. The van der Waals surface area contributed by atoms with Gasteiger partial charge in [-0.15, -0.1) is 0 Å². The van der Waals surface area contributed by atoms with E-state index in [1.54, 1.807) is 0 Å². The van der Waals surface area contributed by atoms with Crippen LogP contribution in [-0.2, 0) is 0 Å². The number of imidazole rings is 1. The number of rotatable bonds is 2. The SMILES string of the molecule is Clc1ccc(-c2cc(-c3ccccc3)nc3nc4ccccc4n23)cc1. The number of benzene rings is 3. The van der Waals surface area contributed by atoms with Gasteiger partial charge in [0.2, 0.25) is 5.78 Å². The van der Waals surface area contributed by atoms with E-state index in [9.17, 15) is 0 Å². The zero-order chi connectivity index (χ0) is 17.5. The van der Waals surface area contributed by atoms with Crippen molar-refractivity contribution < 1.29 is 0 Å². The van der Waals surface area contributed by atoms with E-state index in [1.165, 1.54) is 0 Å². The Morgan fingerprint density at radius 2 is 1.42 bits per heavy atom. The molecule has 0 spiro atoms. The molecule has 0 aliphatic rings. The Bertz CT molecular complexity index is 1230. The topological polar surface area (TPSA) is 30.2 Å². The average molecular weight is 356 g/mol. The fourth-order valence-corrected chi connectivity index (χ4v) is 3.38. The number of hydrogen-bond acceptors (Lipinski definition) is 2. The van der Waals surface area contributed by atoms with E-state index in [4.69, 9.17) is 21.6 Å². The molecule has 2 heterocycles. The molecule has 0 bridgehead atoms. The van der Waals surface area contributed by atoms with Gasteiger partial charge in [0.15, 0.2) is 0 Å². The average Bonchev–Trinajstić information content (AvgIpc) is 3.07. The van der Waals surface area contributed by atoms with Crippen LogP contribution in [0.5, 0.6) is 0 Å². The van der Waals surface area contributed by atoms with Gasteiger partial charge >= 0.3 is 0 Å². The molecule has 0 amide bonds. The van der Waals surface area contributed by atoms with Crippen molar-refractivity contribution in [2.75, 3.05) is 0 Å². The van der Waals surface area contributed by atoms with Gasteiger partial charge in [-0.2, -0.15) is 0 Å². The fraction of sp³-hybridized carbons (Fsp3) is 0. The van der Waals surface area contributed by atoms with Gasteiger partial charge in [0.1, 0.15) is 0 Å².